The topological polar surface area (TPSA) is 20.2 Å². The average Bonchev–Trinajstić information content (AvgIpc) is 2.18. The van der Waals surface area contributed by atoms with Crippen LogP contribution in [0.5, 0.6) is 0 Å². The summed E-state index contributed by atoms with van der Waals surface area (Å²) >= 11 is 0. The van der Waals surface area contributed by atoms with Crippen LogP contribution in [0.2, 0.25) is 0 Å². The van der Waals surface area contributed by atoms with Gasteiger partial charge in [-0.2, -0.15) is 13.2 Å². The van der Waals surface area contributed by atoms with E-state index in [1.54, 1.807) is 20.8 Å². The number of rotatable bonds is 3. The molecule has 1 aromatic carbocycles. The lowest BCUT2D eigenvalue weighted by atomic mass is 9.74. The van der Waals surface area contributed by atoms with Crippen molar-refractivity contribution in [3.05, 3.63) is 35.1 Å². The van der Waals surface area contributed by atoms with Gasteiger partial charge in [0.15, 0.2) is 5.60 Å². The molecular weight excluding hydrogens is 260 g/mol. The Bertz CT molecular complexity index is 461. The van der Waals surface area contributed by atoms with Crippen molar-refractivity contribution in [2.75, 3.05) is 0 Å². The third-order valence-electron chi connectivity index (χ3n) is 3.33. The normalized spacial score (nSPS) is 16.3. The molecule has 19 heavy (non-hydrogen) atoms. The lowest BCUT2D eigenvalue weighted by Gasteiger charge is -2.36. The van der Waals surface area contributed by atoms with Gasteiger partial charge in [0, 0.05) is 0 Å². The zero-order chi connectivity index (χ0) is 15.1. The second-order valence-corrected chi connectivity index (χ2v) is 5.79. The maximum Gasteiger partial charge on any atom is 0.416 e. The van der Waals surface area contributed by atoms with Crippen LogP contribution in [-0.2, 0) is 5.41 Å². The molecule has 1 atom stereocenters. The molecule has 0 bridgehead atoms. The van der Waals surface area contributed by atoms with Crippen molar-refractivity contribution in [3.8, 4) is 0 Å². The highest BCUT2D eigenvalue weighted by Crippen LogP contribution is 2.41. The van der Waals surface area contributed by atoms with E-state index in [-0.39, 0.29) is 0 Å². The van der Waals surface area contributed by atoms with Crippen LogP contribution >= 0.6 is 0 Å². The van der Waals surface area contributed by atoms with E-state index < -0.39 is 29.4 Å². The zero-order valence-corrected chi connectivity index (χ0v) is 11.4. The summed E-state index contributed by atoms with van der Waals surface area (Å²) in [5.41, 5.74) is -2.64. The van der Waals surface area contributed by atoms with Crippen LogP contribution in [0.15, 0.2) is 18.2 Å². The van der Waals surface area contributed by atoms with Crippen LogP contribution in [-0.4, -0.2) is 16.9 Å². The molecule has 0 aliphatic carbocycles. The average molecular weight is 278 g/mol. The largest absolute Gasteiger partial charge is 0.416 e. The van der Waals surface area contributed by atoms with Gasteiger partial charge in [-0.15, -0.1) is 0 Å². The molecule has 0 amide bonds. The van der Waals surface area contributed by atoms with E-state index in [9.17, 15) is 22.7 Å². The van der Waals surface area contributed by atoms with Gasteiger partial charge in [-0.3, -0.25) is 0 Å². The molecule has 0 spiro atoms. The minimum absolute atomic E-state index is 0.469. The lowest BCUT2D eigenvalue weighted by Crippen LogP contribution is -2.46. The first-order valence-corrected chi connectivity index (χ1v) is 5.92. The fraction of sp³-hybridized carbons (Fsp3) is 0.571. The summed E-state index contributed by atoms with van der Waals surface area (Å²) in [5.74, 6) is -0.500. The van der Waals surface area contributed by atoms with E-state index in [1.165, 1.54) is 18.2 Å². The van der Waals surface area contributed by atoms with Crippen molar-refractivity contribution in [2.45, 2.75) is 51.3 Å². The number of halogens is 4. The molecule has 1 rings (SSSR count). The summed E-state index contributed by atoms with van der Waals surface area (Å²) in [6.45, 7) is 5.58. The smallest absolute Gasteiger partial charge is 0.381 e. The standard InChI is InChI=1S/C14H18F4O/c1-9-5-6-10(15)7-11(9)12(2,3)8-13(4,19)14(16,17)18/h5-7,19H,8H2,1-4H3. The highest BCUT2D eigenvalue weighted by atomic mass is 19.4. The van der Waals surface area contributed by atoms with Gasteiger partial charge < -0.3 is 5.11 Å². The number of alkyl halides is 3. The van der Waals surface area contributed by atoms with Gasteiger partial charge >= 0.3 is 6.18 Å². The maximum atomic E-state index is 13.3. The van der Waals surface area contributed by atoms with E-state index in [0.717, 1.165) is 6.92 Å². The Balaban J connectivity index is 3.15. The predicted octanol–water partition coefficient (Wildman–Crippen LogP) is 4.12. The van der Waals surface area contributed by atoms with E-state index in [0.29, 0.717) is 11.1 Å². The first kappa shape index (κ1) is 16.0. The minimum Gasteiger partial charge on any atom is -0.381 e. The highest BCUT2D eigenvalue weighted by molar-refractivity contribution is 5.33. The Morgan fingerprint density at radius 2 is 1.63 bits per heavy atom. The Kier molecular flexibility index (Phi) is 4.01. The molecule has 0 saturated carbocycles. The second-order valence-electron chi connectivity index (χ2n) is 5.79. The van der Waals surface area contributed by atoms with Crippen LogP contribution in [0, 0.1) is 12.7 Å². The molecule has 0 aliphatic rings. The Labute approximate surface area is 110 Å². The number of aryl methyl sites for hydroxylation is 1. The third-order valence-corrected chi connectivity index (χ3v) is 3.33. The summed E-state index contributed by atoms with van der Waals surface area (Å²) in [5, 5.41) is 9.59. The first-order chi connectivity index (χ1) is 8.37. The van der Waals surface area contributed by atoms with Crippen molar-refractivity contribution in [2.24, 2.45) is 0 Å². The summed E-state index contributed by atoms with van der Waals surface area (Å²) in [4.78, 5) is 0. The van der Waals surface area contributed by atoms with Gasteiger partial charge in [0.1, 0.15) is 5.82 Å². The molecule has 0 heterocycles. The molecular formula is C14H18F4O. The molecule has 1 nitrogen and oxygen atoms in total. The van der Waals surface area contributed by atoms with Crippen molar-refractivity contribution in [3.63, 3.8) is 0 Å². The van der Waals surface area contributed by atoms with Gasteiger partial charge in [-0.25, -0.2) is 4.39 Å². The van der Waals surface area contributed by atoms with Crippen LogP contribution in [0.25, 0.3) is 0 Å². The van der Waals surface area contributed by atoms with E-state index in [4.69, 9.17) is 0 Å². The number of hydrogen-bond donors (Lipinski definition) is 1. The highest BCUT2D eigenvalue weighted by Gasteiger charge is 2.52. The molecule has 0 radical (unpaired) electrons. The Morgan fingerprint density at radius 1 is 1.11 bits per heavy atom. The Hall–Kier alpha value is -1.10. The van der Waals surface area contributed by atoms with Crippen molar-refractivity contribution >= 4 is 0 Å². The summed E-state index contributed by atoms with van der Waals surface area (Å²) in [7, 11) is 0. The summed E-state index contributed by atoms with van der Waals surface area (Å²) in [6.07, 6.45) is -5.25. The predicted molar refractivity (Wildman–Crippen MR) is 65.5 cm³/mol. The van der Waals surface area contributed by atoms with Crippen LogP contribution in [0.3, 0.4) is 0 Å². The van der Waals surface area contributed by atoms with Gasteiger partial charge in [-0.05, 0) is 48.9 Å². The molecule has 0 fully saturated rings. The van der Waals surface area contributed by atoms with Crippen LogP contribution in [0.4, 0.5) is 17.6 Å². The molecule has 1 aromatic rings. The molecule has 0 saturated heterocycles. The monoisotopic (exact) mass is 278 g/mol. The van der Waals surface area contributed by atoms with Gasteiger partial charge in [0.25, 0.3) is 0 Å². The minimum atomic E-state index is -4.72. The third kappa shape index (κ3) is 3.47. The maximum absolute atomic E-state index is 13.3. The second kappa shape index (κ2) is 4.78. The van der Waals surface area contributed by atoms with Crippen molar-refractivity contribution in [1.82, 2.24) is 0 Å². The first-order valence-electron chi connectivity index (χ1n) is 5.92. The SMILES string of the molecule is Cc1ccc(F)cc1C(C)(C)CC(C)(O)C(F)(F)F. The van der Waals surface area contributed by atoms with Gasteiger partial charge in [0.05, 0.1) is 0 Å². The number of aliphatic hydroxyl groups is 1. The van der Waals surface area contributed by atoms with Gasteiger partial charge in [-0.1, -0.05) is 19.9 Å². The van der Waals surface area contributed by atoms with Gasteiger partial charge in [0.2, 0.25) is 0 Å². The Morgan fingerprint density at radius 3 is 2.11 bits per heavy atom. The molecule has 1 unspecified atom stereocenters. The van der Waals surface area contributed by atoms with E-state index >= 15 is 0 Å². The molecule has 1 N–H and O–H groups in total. The summed E-state index contributed by atoms with van der Waals surface area (Å²) < 4.78 is 51.5. The summed E-state index contributed by atoms with van der Waals surface area (Å²) in [6, 6.07) is 4.01. The van der Waals surface area contributed by atoms with E-state index in [2.05, 4.69) is 0 Å². The fourth-order valence-corrected chi connectivity index (χ4v) is 2.38. The molecule has 0 aliphatic heterocycles. The molecule has 108 valence electrons. The number of benzene rings is 1. The number of hydrogen-bond acceptors (Lipinski definition) is 1. The van der Waals surface area contributed by atoms with Crippen molar-refractivity contribution in [1.29, 1.82) is 0 Å². The lowest BCUT2D eigenvalue weighted by molar-refractivity contribution is -0.259. The molecule has 0 aromatic heterocycles. The van der Waals surface area contributed by atoms with Crippen molar-refractivity contribution < 1.29 is 22.7 Å². The fourth-order valence-electron chi connectivity index (χ4n) is 2.38. The van der Waals surface area contributed by atoms with Crippen LogP contribution in [0.1, 0.15) is 38.3 Å². The van der Waals surface area contributed by atoms with Crippen LogP contribution < -0.4 is 0 Å². The molecule has 5 heteroatoms. The van der Waals surface area contributed by atoms with E-state index in [1.807, 2.05) is 0 Å². The quantitative estimate of drug-likeness (QED) is 0.825. The zero-order valence-electron chi connectivity index (χ0n) is 11.4.